The molecule has 1 aliphatic carbocycles. The molecule has 2 nitrogen and oxygen atoms in total. The monoisotopic (exact) mass is 309 g/mol. The largest absolute Gasteiger partial charge is 0.352 e. The molecule has 1 aromatic carbocycles. The Labute approximate surface area is 117 Å². The van der Waals surface area contributed by atoms with Gasteiger partial charge in [-0.3, -0.25) is 4.79 Å². The van der Waals surface area contributed by atoms with Crippen LogP contribution < -0.4 is 5.32 Å². The van der Waals surface area contributed by atoms with Crippen LogP contribution in [0.5, 0.6) is 0 Å². The van der Waals surface area contributed by atoms with Gasteiger partial charge in [0.25, 0.3) is 5.91 Å². The molecule has 1 aromatic rings. The number of carbonyl (C=O) groups excluding carboxylic acids is 1. The van der Waals surface area contributed by atoms with Crippen LogP contribution in [-0.2, 0) is 0 Å². The first-order chi connectivity index (χ1) is 8.56. The highest BCUT2D eigenvalue weighted by atomic mass is 79.9. The molecule has 1 aliphatic rings. The number of carbonyl (C=O) groups is 1. The van der Waals surface area contributed by atoms with E-state index in [-0.39, 0.29) is 5.91 Å². The summed E-state index contributed by atoms with van der Waals surface area (Å²) in [4.78, 5) is 12.7. The molecule has 1 N–H and O–H groups in total. The van der Waals surface area contributed by atoms with Crippen LogP contribution in [0, 0.1) is 19.8 Å². The number of benzene rings is 1. The van der Waals surface area contributed by atoms with Crippen LogP contribution in [0.4, 0.5) is 0 Å². The first-order valence-corrected chi connectivity index (χ1v) is 7.47. The number of nitrogens with one attached hydrogen (secondary N) is 1. The average molecular weight is 310 g/mol. The molecule has 0 bridgehead atoms. The molecule has 98 valence electrons. The van der Waals surface area contributed by atoms with Gasteiger partial charge in [-0.25, -0.2) is 0 Å². The Bertz CT molecular complexity index is 444. The quantitative estimate of drug-likeness (QED) is 0.849. The summed E-state index contributed by atoms with van der Waals surface area (Å²) in [6.07, 6.45) is 3.61. The van der Waals surface area contributed by atoms with Crippen LogP contribution in [-0.4, -0.2) is 17.3 Å². The summed E-state index contributed by atoms with van der Waals surface area (Å²) in [5.41, 5.74) is 3.17. The lowest BCUT2D eigenvalue weighted by Gasteiger charge is -2.11. The molecule has 2 rings (SSSR count). The number of alkyl halides is 1. The van der Waals surface area contributed by atoms with E-state index in [9.17, 15) is 4.79 Å². The van der Waals surface area contributed by atoms with E-state index in [1.165, 1.54) is 30.4 Å². The van der Waals surface area contributed by atoms with E-state index in [2.05, 4.69) is 28.2 Å². The molecule has 2 unspecified atom stereocenters. The SMILES string of the molecule is Cc1ccc(C(=O)NCC2CCC(Br)C2)cc1C. The molecular weight excluding hydrogens is 290 g/mol. The normalized spacial score (nSPS) is 23.1. The highest BCUT2D eigenvalue weighted by Crippen LogP contribution is 2.30. The predicted octanol–water partition coefficient (Wildman–Crippen LogP) is 3.60. The van der Waals surface area contributed by atoms with Crippen molar-refractivity contribution in [1.29, 1.82) is 0 Å². The Morgan fingerprint density at radius 3 is 2.72 bits per heavy atom. The summed E-state index contributed by atoms with van der Waals surface area (Å²) in [5, 5.41) is 3.05. The minimum atomic E-state index is 0.0520. The molecule has 0 spiro atoms. The van der Waals surface area contributed by atoms with E-state index in [0.29, 0.717) is 10.7 Å². The Hall–Kier alpha value is -0.830. The van der Waals surface area contributed by atoms with Gasteiger partial charge in [-0.1, -0.05) is 22.0 Å². The molecule has 1 saturated carbocycles. The highest BCUT2D eigenvalue weighted by Gasteiger charge is 2.22. The van der Waals surface area contributed by atoms with Gasteiger partial charge in [-0.2, -0.15) is 0 Å². The average Bonchev–Trinajstić information content (AvgIpc) is 2.75. The fourth-order valence-electron chi connectivity index (χ4n) is 2.42. The summed E-state index contributed by atoms with van der Waals surface area (Å²) in [6, 6.07) is 5.88. The van der Waals surface area contributed by atoms with Crippen LogP contribution in [0.15, 0.2) is 18.2 Å². The Balaban J connectivity index is 1.89. The van der Waals surface area contributed by atoms with E-state index >= 15 is 0 Å². The van der Waals surface area contributed by atoms with Crippen molar-refractivity contribution in [2.75, 3.05) is 6.54 Å². The van der Waals surface area contributed by atoms with E-state index in [0.717, 1.165) is 12.1 Å². The molecule has 0 heterocycles. The second-order valence-corrected chi connectivity index (χ2v) is 6.58. The highest BCUT2D eigenvalue weighted by molar-refractivity contribution is 9.09. The van der Waals surface area contributed by atoms with Crippen LogP contribution in [0.25, 0.3) is 0 Å². The van der Waals surface area contributed by atoms with E-state index in [4.69, 9.17) is 0 Å². The molecule has 1 amide bonds. The van der Waals surface area contributed by atoms with Crippen molar-refractivity contribution in [3.8, 4) is 0 Å². The summed E-state index contributed by atoms with van der Waals surface area (Å²) >= 11 is 3.64. The van der Waals surface area contributed by atoms with Gasteiger partial charge in [0.05, 0.1) is 0 Å². The Morgan fingerprint density at radius 1 is 1.33 bits per heavy atom. The van der Waals surface area contributed by atoms with Gasteiger partial charge in [-0.15, -0.1) is 0 Å². The van der Waals surface area contributed by atoms with Crippen molar-refractivity contribution in [2.45, 2.75) is 37.9 Å². The predicted molar refractivity (Wildman–Crippen MR) is 78.3 cm³/mol. The lowest BCUT2D eigenvalue weighted by Crippen LogP contribution is -2.28. The number of halogens is 1. The number of amides is 1. The molecule has 0 radical (unpaired) electrons. The molecule has 18 heavy (non-hydrogen) atoms. The third-order valence-electron chi connectivity index (χ3n) is 3.80. The fraction of sp³-hybridized carbons (Fsp3) is 0.533. The second kappa shape index (κ2) is 5.87. The van der Waals surface area contributed by atoms with E-state index in [1.54, 1.807) is 0 Å². The molecule has 0 aromatic heterocycles. The van der Waals surface area contributed by atoms with Crippen molar-refractivity contribution in [1.82, 2.24) is 5.32 Å². The van der Waals surface area contributed by atoms with Crippen LogP contribution in [0.1, 0.15) is 40.7 Å². The van der Waals surface area contributed by atoms with Gasteiger partial charge >= 0.3 is 0 Å². The van der Waals surface area contributed by atoms with Gasteiger partial charge in [0.15, 0.2) is 0 Å². The Morgan fingerprint density at radius 2 is 2.11 bits per heavy atom. The van der Waals surface area contributed by atoms with Gasteiger partial charge in [0, 0.05) is 16.9 Å². The molecule has 3 heteroatoms. The lowest BCUT2D eigenvalue weighted by atomic mass is 10.1. The third-order valence-corrected chi connectivity index (χ3v) is 4.63. The summed E-state index contributed by atoms with van der Waals surface area (Å²) < 4.78 is 0. The maximum atomic E-state index is 12.0. The van der Waals surface area contributed by atoms with Crippen molar-refractivity contribution in [3.05, 3.63) is 34.9 Å². The fourth-order valence-corrected chi connectivity index (χ4v) is 3.21. The molecular formula is C15H20BrNO. The zero-order valence-electron chi connectivity index (χ0n) is 11.0. The number of rotatable bonds is 3. The van der Waals surface area contributed by atoms with Crippen LogP contribution in [0.3, 0.4) is 0 Å². The van der Waals surface area contributed by atoms with Crippen LogP contribution in [0.2, 0.25) is 0 Å². The van der Waals surface area contributed by atoms with Crippen molar-refractivity contribution in [3.63, 3.8) is 0 Å². The topological polar surface area (TPSA) is 29.1 Å². The summed E-state index contributed by atoms with van der Waals surface area (Å²) in [6.45, 7) is 4.90. The molecule has 1 fully saturated rings. The van der Waals surface area contributed by atoms with Crippen molar-refractivity contribution < 1.29 is 4.79 Å². The van der Waals surface area contributed by atoms with Crippen LogP contribution >= 0.6 is 15.9 Å². The van der Waals surface area contributed by atoms with Gasteiger partial charge in [0.1, 0.15) is 0 Å². The summed E-state index contributed by atoms with van der Waals surface area (Å²) in [7, 11) is 0. The minimum absolute atomic E-state index is 0.0520. The standard InChI is InChI=1S/C15H20BrNO/c1-10-3-5-13(7-11(10)2)15(18)17-9-12-4-6-14(16)8-12/h3,5,7,12,14H,4,6,8-9H2,1-2H3,(H,17,18). The van der Waals surface area contributed by atoms with E-state index < -0.39 is 0 Å². The number of hydrogen-bond acceptors (Lipinski definition) is 1. The summed E-state index contributed by atoms with van der Waals surface area (Å²) in [5.74, 6) is 0.681. The van der Waals surface area contributed by atoms with Gasteiger partial charge < -0.3 is 5.32 Å². The van der Waals surface area contributed by atoms with E-state index in [1.807, 2.05) is 25.1 Å². The van der Waals surface area contributed by atoms with Gasteiger partial charge in [-0.05, 0) is 62.3 Å². The third kappa shape index (κ3) is 3.35. The number of hydrogen-bond donors (Lipinski definition) is 1. The zero-order valence-corrected chi connectivity index (χ0v) is 12.6. The van der Waals surface area contributed by atoms with Gasteiger partial charge in [0.2, 0.25) is 0 Å². The second-order valence-electron chi connectivity index (χ2n) is 5.29. The first kappa shape index (κ1) is 13.6. The van der Waals surface area contributed by atoms with Crippen molar-refractivity contribution >= 4 is 21.8 Å². The van der Waals surface area contributed by atoms with Crippen molar-refractivity contribution in [2.24, 2.45) is 5.92 Å². The minimum Gasteiger partial charge on any atom is -0.352 e. The maximum absolute atomic E-state index is 12.0. The molecule has 0 saturated heterocycles. The lowest BCUT2D eigenvalue weighted by molar-refractivity contribution is 0.0947. The number of aryl methyl sites for hydroxylation is 2. The Kier molecular flexibility index (Phi) is 4.44. The zero-order chi connectivity index (χ0) is 13.1. The molecule has 2 atom stereocenters. The smallest absolute Gasteiger partial charge is 0.251 e. The molecule has 0 aliphatic heterocycles. The first-order valence-electron chi connectivity index (χ1n) is 6.56. The maximum Gasteiger partial charge on any atom is 0.251 e.